The van der Waals surface area contributed by atoms with E-state index >= 15 is 0 Å². The Morgan fingerprint density at radius 2 is 2.00 bits per heavy atom. The quantitative estimate of drug-likeness (QED) is 0.701. The molecule has 1 heterocycles. The Labute approximate surface area is 109 Å². The van der Waals surface area contributed by atoms with Gasteiger partial charge in [-0.3, -0.25) is 0 Å². The Bertz CT molecular complexity index is 721. The molecule has 3 nitrogen and oxygen atoms in total. The fourth-order valence-electron chi connectivity index (χ4n) is 2.00. The molecule has 3 aromatic rings. The second-order valence-corrected chi connectivity index (χ2v) is 4.35. The number of para-hydroxylation sites is 1. The largest absolute Gasteiger partial charge is 0.464 e. The highest BCUT2D eigenvalue weighted by atomic mass is 19.1. The Kier molecular flexibility index (Phi) is 2.83. The van der Waals surface area contributed by atoms with Crippen LogP contribution in [0.5, 0.6) is 0 Å². The lowest BCUT2D eigenvalue weighted by molar-refractivity contribution is 0.611. The van der Waals surface area contributed by atoms with Crippen molar-refractivity contribution in [2.75, 3.05) is 11.1 Å². The van der Waals surface area contributed by atoms with Crippen LogP contribution in [0.25, 0.3) is 11.0 Å². The molecule has 0 radical (unpaired) electrons. The van der Waals surface area contributed by atoms with Gasteiger partial charge in [-0.25, -0.2) is 4.39 Å². The van der Waals surface area contributed by atoms with Crippen molar-refractivity contribution in [2.45, 2.75) is 6.54 Å². The minimum absolute atomic E-state index is 0.152. The molecule has 0 saturated heterocycles. The molecule has 0 unspecified atom stereocenters. The van der Waals surface area contributed by atoms with Gasteiger partial charge in [-0.2, -0.15) is 0 Å². The van der Waals surface area contributed by atoms with Crippen molar-refractivity contribution in [1.82, 2.24) is 0 Å². The number of nitrogen functional groups attached to an aromatic ring is 1. The number of anilines is 2. The first kappa shape index (κ1) is 11.6. The van der Waals surface area contributed by atoms with Gasteiger partial charge < -0.3 is 15.5 Å². The molecule has 19 heavy (non-hydrogen) atoms. The molecular formula is C15H13FN2O. The summed E-state index contributed by atoms with van der Waals surface area (Å²) in [6.45, 7) is 0.570. The highest BCUT2D eigenvalue weighted by Crippen LogP contribution is 2.22. The molecule has 0 atom stereocenters. The van der Waals surface area contributed by atoms with Crippen LogP contribution in [0, 0.1) is 5.82 Å². The standard InChI is InChI=1S/C15H13FN2O/c16-13-7-11(5-6-14(13)17)18-8-10-9-19-15-4-2-1-3-12(10)15/h1-7,9,18H,8,17H2. The lowest BCUT2D eigenvalue weighted by Crippen LogP contribution is -2.00. The zero-order chi connectivity index (χ0) is 13.2. The summed E-state index contributed by atoms with van der Waals surface area (Å²) in [7, 11) is 0. The minimum Gasteiger partial charge on any atom is -0.464 e. The summed E-state index contributed by atoms with van der Waals surface area (Å²) in [5.74, 6) is -0.415. The number of hydrogen-bond donors (Lipinski definition) is 2. The minimum atomic E-state index is -0.415. The zero-order valence-electron chi connectivity index (χ0n) is 10.2. The lowest BCUT2D eigenvalue weighted by Gasteiger charge is -2.06. The number of benzene rings is 2. The molecule has 0 saturated carbocycles. The van der Waals surface area contributed by atoms with Gasteiger partial charge in [0.25, 0.3) is 0 Å². The maximum atomic E-state index is 13.3. The third-order valence-corrected chi connectivity index (χ3v) is 3.04. The van der Waals surface area contributed by atoms with Crippen LogP contribution in [0.1, 0.15) is 5.56 Å². The Morgan fingerprint density at radius 3 is 2.84 bits per heavy atom. The van der Waals surface area contributed by atoms with Crippen LogP contribution in [0.2, 0.25) is 0 Å². The molecule has 0 spiro atoms. The molecule has 0 bridgehead atoms. The SMILES string of the molecule is Nc1ccc(NCc2coc3ccccc23)cc1F. The van der Waals surface area contributed by atoms with Crippen molar-refractivity contribution in [3.8, 4) is 0 Å². The predicted molar refractivity (Wildman–Crippen MR) is 74.4 cm³/mol. The summed E-state index contributed by atoms with van der Waals surface area (Å²) >= 11 is 0. The Balaban J connectivity index is 1.80. The molecular weight excluding hydrogens is 243 g/mol. The van der Waals surface area contributed by atoms with Crippen molar-refractivity contribution in [3.63, 3.8) is 0 Å². The third-order valence-electron chi connectivity index (χ3n) is 3.04. The number of fused-ring (bicyclic) bond motifs is 1. The van der Waals surface area contributed by atoms with Crippen molar-refractivity contribution in [1.29, 1.82) is 0 Å². The summed E-state index contributed by atoms with van der Waals surface area (Å²) in [5.41, 5.74) is 8.16. The number of hydrogen-bond acceptors (Lipinski definition) is 3. The van der Waals surface area contributed by atoms with Crippen molar-refractivity contribution in [2.24, 2.45) is 0 Å². The molecule has 0 amide bonds. The van der Waals surface area contributed by atoms with E-state index in [1.807, 2.05) is 24.3 Å². The summed E-state index contributed by atoms with van der Waals surface area (Å²) in [6, 6.07) is 12.5. The van der Waals surface area contributed by atoms with Crippen LogP contribution in [0.3, 0.4) is 0 Å². The van der Waals surface area contributed by atoms with Gasteiger partial charge in [-0.1, -0.05) is 18.2 Å². The van der Waals surface area contributed by atoms with Gasteiger partial charge in [0.2, 0.25) is 0 Å². The third kappa shape index (κ3) is 2.25. The van der Waals surface area contributed by atoms with Crippen molar-refractivity contribution >= 4 is 22.3 Å². The van der Waals surface area contributed by atoms with Crippen LogP contribution in [-0.4, -0.2) is 0 Å². The second-order valence-electron chi connectivity index (χ2n) is 4.35. The van der Waals surface area contributed by atoms with Gasteiger partial charge >= 0.3 is 0 Å². The van der Waals surface area contributed by atoms with E-state index in [2.05, 4.69) is 5.32 Å². The molecule has 4 heteroatoms. The highest BCUT2D eigenvalue weighted by molar-refractivity contribution is 5.81. The average Bonchev–Trinajstić information content (AvgIpc) is 2.83. The summed E-state index contributed by atoms with van der Waals surface area (Å²) in [6.07, 6.45) is 1.71. The molecule has 0 aliphatic carbocycles. The van der Waals surface area contributed by atoms with Gasteiger partial charge in [0.15, 0.2) is 0 Å². The smallest absolute Gasteiger partial charge is 0.148 e. The second kappa shape index (κ2) is 4.65. The van der Waals surface area contributed by atoms with E-state index in [0.717, 1.165) is 16.5 Å². The van der Waals surface area contributed by atoms with E-state index in [0.29, 0.717) is 12.2 Å². The first-order valence-corrected chi connectivity index (χ1v) is 5.98. The van der Waals surface area contributed by atoms with Crippen LogP contribution >= 0.6 is 0 Å². The summed E-state index contributed by atoms with van der Waals surface area (Å²) < 4.78 is 18.8. The first-order chi connectivity index (χ1) is 9.24. The summed E-state index contributed by atoms with van der Waals surface area (Å²) in [4.78, 5) is 0. The van der Waals surface area contributed by atoms with E-state index in [4.69, 9.17) is 10.2 Å². The fraction of sp³-hybridized carbons (Fsp3) is 0.0667. The molecule has 3 N–H and O–H groups in total. The van der Waals surface area contributed by atoms with Crippen LogP contribution in [0.15, 0.2) is 53.1 Å². The molecule has 0 fully saturated rings. The van der Waals surface area contributed by atoms with E-state index in [1.165, 1.54) is 6.07 Å². The summed E-state index contributed by atoms with van der Waals surface area (Å²) in [5, 5.41) is 4.21. The molecule has 1 aromatic heterocycles. The first-order valence-electron chi connectivity index (χ1n) is 5.98. The maximum absolute atomic E-state index is 13.3. The number of nitrogens with two attached hydrogens (primary N) is 1. The Morgan fingerprint density at radius 1 is 1.16 bits per heavy atom. The molecule has 0 aliphatic heterocycles. The van der Waals surface area contributed by atoms with E-state index in [-0.39, 0.29) is 5.69 Å². The van der Waals surface area contributed by atoms with Gasteiger partial charge in [0.1, 0.15) is 11.4 Å². The maximum Gasteiger partial charge on any atom is 0.148 e. The normalized spacial score (nSPS) is 10.8. The lowest BCUT2D eigenvalue weighted by atomic mass is 10.2. The van der Waals surface area contributed by atoms with Crippen LogP contribution < -0.4 is 11.1 Å². The zero-order valence-corrected chi connectivity index (χ0v) is 10.2. The fourth-order valence-corrected chi connectivity index (χ4v) is 2.00. The molecule has 3 rings (SSSR count). The number of furan rings is 1. The van der Waals surface area contributed by atoms with Gasteiger partial charge in [-0.15, -0.1) is 0 Å². The highest BCUT2D eigenvalue weighted by Gasteiger charge is 2.05. The predicted octanol–water partition coefficient (Wildman–Crippen LogP) is 3.77. The molecule has 2 aromatic carbocycles. The topological polar surface area (TPSA) is 51.2 Å². The van der Waals surface area contributed by atoms with Crippen molar-refractivity contribution in [3.05, 3.63) is 60.1 Å². The monoisotopic (exact) mass is 256 g/mol. The van der Waals surface area contributed by atoms with Gasteiger partial charge in [0, 0.05) is 23.2 Å². The van der Waals surface area contributed by atoms with Gasteiger partial charge in [-0.05, 0) is 24.3 Å². The van der Waals surface area contributed by atoms with Crippen LogP contribution in [-0.2, 0) is 6.54 Å². The molecule has 96 valence electrons. The Hall–Kier alpha value is -2.49. The number of halogens is 1. The van der Waals surface area contributed by atoms with Crippen molar-refractivity contribution < 1.29 is 8.81 Å². The number of rotatable bonds is 3. The van der Waals surface area contributed by atoms with Crippen LogP contribution in [0.4, 0.5) is 15.8 Å². The van der Waals surface area contributed by atoms with E-state index in [9.17, 15) is 4.39 Å². The van der Waals surface area contributed by atoms with E-state index in [1.54, 1.807) is 18.4 Å². The molecule has 0 aliphatic rings. The number of nitrogens with one attached hydrogen (secondary N) is 1. The van der Waals surface area contributed by atoms with E-state index < -0.39 is 5.82 Å². The van der Waals surface area contributed by atoms with Gasteiger partial charge in [0.05, 0.1) is 12.0 Å². The average molecular weight is 256 g/mol.